The molecule has 0 amide bonds. The second-order valence-corrected chi connectivity index (χ2v) is 9.19. The average Bonchev–Trinajstić information content (AvgIpc) is 3.27. The first-order valence-electron chi connectivity index (χ1n) is 10.9. The molecule has 8 nitrogen and oxygen atoms in total. The summed E-state index contributed by atoms with van der Waals surface area (Å²) in [5.41, 5.74) is 4.03. The van der Waals surface area contributed by atoms with E-state index in [-0.39, 0.29) is 5.88 Å². The molecule has 1 atom stereocenters. The second-order valence-electron chi connectivity index (χ2n) is 8.20. The van der Waals surface area contributed by atoms with Gasteiger partial charge in [-0.15, -0.1) is 4.41 Å². The SMILES string of the molecule is Cc1c(Cc2cccc3c2CCN3N(C)S(=O)O)c(=O)oc2cc(Oc3ncccc3F)ccc12. The fraction of sp³-hybridized carbons (Fsp3) is 0.200. The summed E-state index contributed by atoms with van der Waals surface area (Å²) in [7, 11) is 1.56. The number of rotatable bonds is 6. The van der Waals surface area contributed by atoms with E-state index in [1.165, 1.54) is 22.7 Å². The van der Waals surface area contributed by atoms with Crippen LogP contribution < -0.4 is 15.4 Å². The molecule has 1 N–H and O–H groups in total. The summed E-state index contributed by atoms with van der Waals surface area (Å²) in [6.07, 6.45) is 2.48. The van der Waals surface area contributed by atoms with E-state index in [0.29, 0.717) is 36.3 Å². The molecule has 0 saturated carbocycles. The summed E-state index contributed by atoms with van der Waals surface area (Å²) < 4.78 is 47.3. The van der Waals surface area contributed by atoms with Crippen LogP contribution in [0.2, 0.25) is 0 Å². The van der Waals surface area contributed by atoms with Crippen LogP contribution in [-0.2, 0) is 24.1 Å². The van der Waals surface area contributed by atoms with Crippen LogP contribution in [0, 0.1) is 12.7 Å². The molecule has 4 aromatic rings. The number of nitrogens with zero attached hydrogens (tertiary/aromatic N) is 3. The molecule has 180 valence electrons. The lowest BCUT2D eigenvalue weighted by molar-refractivity contribution is 0.422. The summed E-state index contributed by atoms with van der Waals surface area (Å²) in [5.74, 6) is -0.451. The number of aromatic nitrogens is 1. The lowest BCUT2D eigenvalue weighted by Crippen LogP contribution is -2.39. The van der Waals surface area contributed by atoms with Gasteiger partial charge in [0.05, 0.1) is 5.69 Å². The molecule has 0 spiro atoms. The van der Waals surface area contributed by atoms with E-state index in [0.717, 1.165) is 27.8 Å². The number of fused-ring (bicyclic) bond motifs is 2. The molecule has 5 rings (SSSR count). The number of hydrogen-bond acceptors (Lipinski definition) is 6. The summed E-state index contributed by atoms with van der Waals surface area (Å²) in [5, 5.41) is 2.51. The number of anilines is 1. The third-order valence-electron chi connectivity index (χ3n) is 6.23. The number of pyridine rings is 1. The van der Waals surface area contributed by atoms with E-state index in [1.54, 1.807) is 30.3 Å². The predicted molar refractivity (Wildman–Crippen MR) is 130 cm³/mol. The lowest BCUT2D eigenvalue weighted by Gasteiger charge is -2.26. The Balaban J connectivity index is 1.48. The van der Waals surface area contributed by atoms with Crippen LogP contribution in [0.15, 0.2) is 63.9 Å². The smallest absolute Gasteiger partial charge is 0.340 e. The van der Waals surface area contributed by atoms with Gasteiger partial charge in [-0.2, -0.15) is 0 Å². The second kappa shape index (κ2) is 9.21. The third-order valence-corrected chi connectivity index (χ3v) is 6.88. The zero-order chi connectivity index (χ0) is 24.7. The standard InChI is InChI=1S/C25H22FN3O5S/c1-15-18-9-8-17(33-24-21(26)6-4-11-27-24)14-23(18)34-25(30)20(15)13-16-5-3-7-22-19(16)10-12-29(22)28(2)35(31)32/h3-9,11,14H,10,12-13H2,1-2H3,(H,31,32). The molecular formula is C25H22FN3O5S. The highest BCUT2D eigenvalue weighted by Crippen LogP contribution is 2.34. The summed E-state index contributed by atoms with van der Waals surface area (Å²) in [4.78, 5) is 16.8. The Morgan fingerprint density at radius 1 is 1.26 bits per heavy atom. The van der Waals surface area contributed by atoms with Crippen LogP contribution in [0.1, 0.15) is 22.3 Å². The molecule has 0 saturated heterocycles. The van der Waals surface area contributed by atoms with Gasteiger partial charge < -0.3 is 9.15 Å². The molecule has 0 radical (unpaired) electrons. The Bertz CT molecular complexity index is 1520. The zero-order valence-corrected chi connectivity index (χ0v) is 19.8. The average molecular weight is 496 g/mol. The van der Waals surface area contributed by atoms with E-state index in [9.17, 15) is 17.9 Å². The van der Waals surface area contributed by atoms with Crippen LogP contribution in [0.4, 0.5) is 10.1 Å². The van der Waals surface area contributed by atoms with Crippen LogP contribution in [0.5, 0.6) is 11.6 Å². The monoisotopic (exact) mass is 495 g/mol. The Labute approximate surface area is 203 Å². The van der Waals surface area contributed by atoms with Gasteiger partial charge in [-0.3, -0.25) is 9.56 Å². The Hall–Kier alpha value is -3.60. The minimum Gasteiger partial charge on any atom is -0.436 e. The summed E-state index contributed by atoms with van der Waals surface area (Å²) >= 11 is -2.13. The van der Waals surface area contributed by atoms with Crippen molar-refractivity contribution in [3.8, 4) is 11.6 Å². The van der Waals surface area contributed by atoms with Crippen molar-refractivity contribution in [2.24, 2.45) is 0 Å². The molecule has 1 aliphatic heterocycles. The summed E-state index contributed by atoms with van der Waals surface area (Å²) in [6, 6.07) is 13.4. The first kappa shape index (κ1) is 23.2. The molecule has 0 fully saturated rings. The van der Waals surface area contributed by atoms with Gasteiger partial charge in [-0.25, -0.2) is 18.4 Å². The molecule has 2 aromatic carbocycles. The minimum absolute atomic E-state index is 0.162. The molecular weight excluding hydrogens is 473 g/mol. The molecule has 10 heteroatoms. The van der Waals surface area contributed by atoms with Crippen LogP contribution in [-0.4, -0.2) is 31.8 Å². The third kappa shape index (κ3) is 4.31. The first-order chi connectivity index (χ1) is 16.8. The van der Waals surface area contributed by atoms with Crippen molar-refractivity contribution in [1.29, 1.82) is 0 Å². The van der Waals surface area contributed by atoms with Gasteiger partial charge in [0.25, 0.3) is 17.1 Å². The topological polar surface area (TPSA) is 96.1 Å². The van der Waals surface area contributed by atoms with Crippen LogP contribution in [0.25, 0.3) is 11.0 Å². The highest BCUT2D eigenvalue weighted by Gasteiger charge is 2.27. The minimum atomic E-state index is -2.13. The van der Waals surface area contributed by atoms with E-state index < -0.39 is 22.7 Å². The number of hydrazine groups is 1. The molecule has 2 aromatic heterocycles. The van der Waals surface area contributed by atoms with Gasteiger partial charge in [0, 0.05) is 43.2 Å². The van der Waals surface area contributed by atoms with Gasteiger partial charge in [-0.05, 0) is 60.4 Å². The number of ether oxygens (including phenoxy) is 1. The fourth-order valence-corrected chi connectivity index (χ4v) is 4.76. The molecule has 1 aliphatic rings. The number of aryl methyl sites for hydroxylation is 1. The van der Waals surface area contributed by atoms with Gasteiger partial charge in [-0.1, -0.05) is 12.1 Å². The van der Waals surface area contributed by atoms with Gasteiger partial charge >= 0.3 is 5.63 Å². The van der Waals surface area contributed by atoms with Crippen molar-refractivity contribution in [3.63, 3.8) is 0 Å². The molecule has 0 aliphatic carbocycles. The number of hydrogen-bond donors (Lipinski definition) is 1. The largest absolute Gasteiger partial charge is 0.436 e. The highest BCUT2D eigenvalue weighted by atomic mass is 32.2. The molecule has 35 heavy (non-hydrogen) atoms. The van der Waals surface area contributed by atoms with Crippen molar-refractivity contribution < 1.29 is 22.3 Å². The van der Waals surface area contributed by atoms with E-state index >= 15 is 0 Å². The highest BCUT2D eigenvalue weighted by molar-refractivity contribution is 7.76. The van der Waals surface area contributed by atoms with Crippen molar-refractivity contribution in [3.05, 3.63) is 93.2 Å². The van der Waals surface area contributed by atoms with Crippen molar-refractivity contribution in [1.82, 2.24) is 9.40 Å². The Morgan fingerprint density at radius 2 is 2.09 bits per heavy atom. The van der Waals surface area contributed by atoms with Crippen LogP contribution in [0.3, 0.4) is 0 Å². The maximum absolute atomic E-state index is 13.9. The molecule has 1 unspecified atom stereocenters. The maximum atomic E-state index is 13.9. The zero-order valence-electron chi connectivity index (χ0n) is 19.0. The van der Waals surface area contributed by atoms with Gasteiger partial charge in [0.1, 0.15) is 11.3 Å². The van der Waals surface area contributed by atoms with E-state index in [2.05, 4.69) is 4.98 Å². The fourth-order valence-electron chi connectivity index (χ4n) is 4.42. The van der Waals surface area contributed by atoms with Crippen molar-refractivity contribution in [2.75, 3.05) is 18.6 Å². The van der Waals surface area contributed by atoms with Gasteiger partial charge in [0.15, 0.2) is 5.82 Å². The van der Waals surface area contributed by atoms with E-state index in [1.807, 2.05) is 25.1 Å². The normalized spacial score (nSPS) is 13.9. The Kier molecular flexibility index (Phi) is 6.10. The lowest BCUT2D eigenvalue weighted by atomic mass is 9.95. The first-order valence-corrected chi connectivity index (χ1v) is 12.0. The Morgan fingerprint density at radius 3 is 2.86 bits per heavy atom. The molecule has 0 bridgehead atoms. The summed E-state index contributed by atoms with van der Waals surface area (Å²) in [6.45, 7) is 2.44. The number of halogens is 1. The molecule has 3 heterocycles. The predicted octanol–water partition coefficient (Wildman–Crippen LogP) is 4.36. The van der Waals surface area contributed by atoms with Gasteiger partial charge in [0.2, 0.25) is 0 Å². The van der Waals surface area contributed by atoms with Crippen molar-refractivity contribution in [2.45, 2.75) is 19.8 Å². The van der Waals surface area contributed by atoms with Crippen LogP contribution >= 0.6 is 0 Å². The quantitative estimate of drug-likeness (QED) is 0.314. The van der Waals surface area contributed by atoms with E-state index in [4.69, 9.17) is 9.15 Å². The number of benzene rings is 2. The maximum Gasteiger partial charge on any atom is 0.340 e. The van der Waals surface area contributed by atoms with Crippen molar-refractivity contribution >= 4 is 27.9 Å².